The van der Waals surface area contributed by atoms with Gasteiger partial charge in [0.1, 0.15) is 11.9 Å². The van der Waals surface area contributed by atoms with E-state index in [9.17, 15) is 17.6 Å². The highest BCUT2D eigenvalue weighted by Gasteiger charge is 2.31. The van der Waals surface area contributed by atoms with Gasteiger partial charge in [-0.1, -0.05) is 25.1 Å². The minimum atomic E-state index is -3.72. The van der Waals surface area contributed by atoms with E-state index in [4.69, 9.17) is 0 Å². The van der Waals surface area contributed by atoms with Gasteiger partial charge in [-0.25, -0.2) is 12.8 Å². The summed E-state index contributed by atoms with van der Waals surface area (Å²) in [7, 11) is -3.72. The number of thioether (sulfide) groups is 1. The molecule has 0 saturated carbocycles. The molecule has 0 radical (unpaired) electrons. The highest BCUT2D eigenvalue weighted by Crippen LogP contribution is 2.23. The van der Waals surface area contributed by atoms with Crippen molar-refractivity contribution in [2.45, 2.75) is 24.3 Å². The van der Waals surface area contributed by atoms with Crippen molar-refractivity contribution in [3.05, 3.63) is 60.4 Å². The van der Waals surface area contributed by atoms with Crippen molar-refractivity contribution in [3.63, 3.8) is 0 Å². The molecule has 0 aromatic heterocycles. The van der Waals surface area contributed by atoms with Crippen LogP contribution in [0.4, 0.5) is 10.1 Å². The van der Waals surface area contributed by atoms with Gasteiger partial charge >= 0.3 is 0 Å². The third kappa shape index (κ3) is 6.25. The number of halogens is 1. The smallest absolute Gasteiger partial charge is 0.243 e. The summed E-state index contributed by atoms with van der Waals surface area (Å²) < 4.78 is 38.8. The second-order valence-corrected chi connectivity index (χ2v) is 8.94. The summed E-state index contributed by atoms with van der Waals surface area (Å²) in [6.45, 7) is 2.15. The second kappa shape index (κ2) is 9.75. The fourth-order valence-electron chi connectivity index (χ4n) is 2.63. The van der Waals surface area contributed by atoms with E-state index in [2.05, 4.69) is 5.32 Å². The van der Waals surface area contributed by atoms with Gasteiger partial charge in [0, 0.05) is 17.2 Å². The number of nitrogens with zero attached hydrogens (tertiary/aromatic N) is 1. The van der Waals surface area contributed by atoms with Gasteiger partial charge in [0.25, 0.3) is 0 Å². The third-order valence-electron chi connectivity index (χ3n) is 3.82. The largest absolute Gasteiger partial charge is 0.353 e. The molecule has 1 atom stereocenters. The van der Waals surface area contributed by atoms with Crippen LogP contribution in [0.1, 0.15) is 13.3 Å². The number of anilines is 1. The topological polar surface area (TPSA) is 66.5 Å². The lowest BCUT2D eigenvalue weighted by molar-refractivity contribution is -0.122. The maximum Gasteiger partial charge on any atom is 0.243 e. The molecule has 0 unspecified atom stereocenters. The van der Waals surface area contributed by atoms with Crippen molar-refractivity contribution in [1.82, 2.24) is 5.32 Å². The minimum absolute atomic E-state index is 0.263. The van der Waals surface area contributed by atoms with Crippen LogP contribution in [0.3, 0.4) is 0 Å². The highest BCUT2D eigenvalue weighted by molar-refractivity contribution is 7.99. The van der Waals surface area contributed by atoms with Gasteiger partial charge in [-0.3, -0.25) is 9.10 Å². The van der Waals surface area contributed by atoms with Crippen molar-refractivity contribution < 1.29 is 17.6 Å². The highest BCUT2D eigenvalue weighted by atomic mass is 32.2. The maximum atomic E-state index is 13.2. The fourth-order valence-corrected chi connectivity index (χ4v) is 4.63. The Morgan fingerprint density at radius 1 is 1.15 bits per heavy atom. The van der Waals surface area contributed by atoms with Crippen LogP contribution in [0.5, 0.6) is 0 Å². The standard InChI is InChI=1S/C19H23FN2O3S2/c1-3-18(19(23)21-13-14-26-17-7-5-4-6-8-17)22(27(2,24)25)16-11-9-15(20)10-12-16/h4-12,18H,3,13-14H2,1-2H3,(H,21,23)/t18-/m1/s1. The van der Waals surface area contributed by atoms with Crippen LogP contribution in [-0.4, -0.2) is 38.9 Å². The molecule has 5 nitrogen and oxygen atoms in total. The Bertz CT molecular complexity index is 843. The van der Waals surface area contributed by atoms with Crippen LogP contribution < -0.4 is 9.62 Å². The molecule has 2 aromatic carbocycles. The number of amides is 1. The molecule has 0 bridgehead atoms. The van der Waals surface area contributed by atoms with Gasteiger partial charge in [0.15, 0.2) is 0 Å². The van der Waals surface area contributed by atoms with Crippen molar-refractivity contribution in [2.75, 3.05) is 22.9 Å². The number of sulfonamides is 1. The molecule has 0 aliphatic heterocycles. The lowest BCUT2D eigenvalue weighted by Gasteiger charge is -2.30. The van der Waals surface area contributed by atoms with E-state index in [0.717, 1.165) is 15.5 Å². The van der Waals surface area contributed by atoms with E-state index in [-0.39, 0.29) is 11.6 Å². The Labute approximate surface area is 164 Å². The van der Waals surface area contributed by atoms with E-state index >= 15 is 0 Å². The molecule has 0 heterocycles. The summed E-state index contributed by atoms with van der Waals surface area (Å²) in [5, 5.41) is 2.80. The van der Waals surface area contributed by atoms with Crippen molar-refractivity contribution in [1.29, 1.82) is 0 Å². The molecular formula is C19H23FN2O3S2. The lowest BCUT2D eigenvalue weighted by Crippen LogP contribution is -2.49. The SMILES string of the molecule is CC[C@H](C(=O)NCCSc1ccccc1)N(c1ccc(F)cc1)S(C)(=O)=O. The molecular weight excluding hydrogens is 387 g/mol. The first-order valence-electron chi connectivity index (χ1n) is 8.53. The van der Waals surface area contributed by atoms with E-state index in [1.807, 2.05) is 30.3 Å². The van der Waals surface area contributed by atoms with Gasteiger partial charge in [0.05, 0.1) is 11.9 Å². The normalized spacial score (nSPS) is 12.4. The zero-order valence-corrected chi connectivity index (χ0v) is 16.9. The molecule has 2 aromatic rings. The van der Waals surface area contributed by atoms with Crippen LogP contribution in [0.15, 0.2) is 59.5 Å². The Balaban J connectivity index is 2.04. The van der Waals surface area contributed by atoms with Crippen LogP contribution in [0, 0.1) is 5.82 Å². The van der Waals surface area contributed by atoms with Crippen molar-refractivity contribution in [2.24, 2.45) is 0 Å². The van der Waals surface area contributed by atoms with E-state index in [0.29, 0.717) is 18.7 Å². The summed E-state index contributed by atoms with van der Waals surface area (Å²) in [4.78, 5) is 13.7. The fraction of sp³-hybridized carbons (Fsp3) is 0.316. The van der Waals surface area contributed by atoms with Crippen LogP contribution in [0.25, 0.3) is 0 Å². The molecule has 0 saturated heterocycles. The van der Waals surface area contributed by atoms with Crippen LogP contribution in [0.2, 0.25) is 0 Å². The van der Waals surface area contributed by atoms with Gasteiger partial charge in [0.2, 0.25) is 15.9 Å². The first-order chi connectivity index (χ1) is 12.8. The molecule has 27 heavy (non-hydrogen) atoms. The van der Waals surface area contributed by atoms with Gasteiger partial charge in [-0.05, 0) is 42.8 Å². The minimum Gasteiger partial charge on any atom is -0.353 e. The number of nitrogens with one attached hydrogen (secondary N) is 1. The zero-order chi connectivity index (χ0) is 19.9. The van der Waals surface area contributed by atoms with Gasteiger partial charge in [-0.15, -0.1) is 11.8 Å². The molecule has 0 aliphatic rings. The molecule has 0 aliphatic carbocycles. The summed E-state index contributed by atoms with van der Waals surface area (Å²) in [5.74, 6) is -0.176. The summed E-state index contributed by atoms with van der Waals surface area (Å²) in [6.07, 6.45) is 1.33. The Morgan fingerprint density at radius 3 is 2.33 bits per heavy atom. The van der Waals surface area contributed by atoms with E-state index in [1.54, 1.807) is 18.7 Å². The molecule has 146 valence electrons. The predicted molar refractivity (Wildman–Crippen MR) is 108 cm³/mol. The zero-order valence-electron chi connectivity index (χ0n) is 15.3. The first-order valence-corrected chi connectivity index (χ1v) is 11.4. The van der Waals surface area contributed by atoms with E-state index in [1.165, 1.54) is 24.3 Å². The molecule has 1 amide bonds. The average molecular weight is 411 g/mol. The molecule has 2 rings (SSSR count). The second-order valence-electron chi connectivity index (χ2n) is 5.91. The maximum absolute atomic E-state index is 13.2. The van der Waals surface area contributed by atoms with Crippen molar-refractivity contribution >= 4 is 33.4 Å². The van der Waals surface area contributed by atoms with Crippen LogP contribution in [-0.2, 0) is 14.8 Å². The predicted octanol–water partition coefficient (Wildman–Crippen LogP) is 3.28. The number of hydrogen-bond acceptors (Lipinski definition) is 4. The third-order valence-corrected chi connectivity index (χ3v) is 6.02. The summed E-state index contributed by atoms with van der Waals surface area (Å²) in [5.41, 5.74) is 0.263. The van der Waals surface area contributed by atoms with Crippen LogP contribution >= 0.6 is 11.8 Å². The summed E-state index contributed by atoms with van der Waals surface area (Å²) >= 11 is 1.61. The first kappa shape index (κ1) is 21.2. The number of benzene rings is 2. The molecule has 0 fully saturated rings. The number of carbonyl (C=O) groups excluding carboxylic acids is 1. The summed E-state index contributed by atoms with van der Waals surface area (Å²) in [6, 6.07) is 14.0. The number of rotatable bonds is 9. The molecule has 1 N–H and O–H groups in total. The average Bonchev–Trinajstić information content (AvgIpc) is 2.64. The lowest BCUT2D eigenvalue weighted by atomic mass is 10.2. The monoisotopic (exact) mass is 410 g/mol. The van der Waals surface area contributed by atoms with Gasteiger partial charge in [-0.2, -0.15) is 0 Å². The molecule has 0 spiro atoms. The Morgan fingerprint density at radius 2 is 1.78 bits per heavy atom. The van der Waals surface area contributed by atoms with E-state index < -0.39 is 21.9 Å². The number of carbonyl (C=O) groups is 1. The quantitative estimate of drug-likeness (QED) is 0.509. The Hall–Kier alpha value is -2.06. The van der Waals surface area contributed by atoms with Gasteiger partial charge < -0.3 is 5.32 Å². The Kier molecular flexibility index (Phi) is 7.67. The number of hydrogen-bond donors (Lipinski definition) is 1. The van der Waals surface area contributed by atoms with Crippen molar-refractivity contribution in [3.8, 4) is 0 Å². The molecule has 8 heteroatoms.